The Kier molecular flexibility index (Phi) is 4.97. The Hall–Kier alpha value is -3.00. The van der Waals surface area contributed by atoms with E-state index in [2.05, 4.69) is 20.6 Å². The summed E-state index contributed by atoms with van der Waals surface area (Å²) in [6.07, 6.45) is 4.97. The zero-order valence-electron chi connectivity index (χ0n) is 12.6. The molecule has 2 amide bonds. The second-order valence-electron chi connectivity index (χ2n) is 4.81. The van der Waals surface area contributed by atoms with Crippen LogP contribution in [-0.2, 0) is 4.79 Å². The smallest absolute Gasteiger partial charge is 0.286 e. The Morgan fingerprint density at radius 3 is 2.92 bits per heavy atom. The van der Waals surface area contributed by atoms with Gasteiger partial charge < -0.3 is 15.1 Å². The molecule has 7 nitrogen and oxygen atoms in total. The van der Waals surface area contributed by atoms with Crippen LogP contribution in [0.25, 0.3) is 11.3 Å². The van der Waals surface area contributed by atoms with E-state index in [1.165, 1.54) is 17.6 Å². The lowest BCUT2D eigenvalue weighted by atomic mass is 10.2. The van der Waals surface area contributed by atoms with Gasteiger partial charge in [-0.05, 0) is 24.3 Å². The maximum atomic E-state index is 11.9. The van der Waals surface area contributed by atoms with Gasteiger partial charge in [0.25, 0.3) is 5.91 Å². The molecule has 0 spiro atoms. The monoisotopic (exact) mass is 342 g/mol. The van der Waals surface area contributed by atoms with E-state index in [4.69, 9.17) is 4.42 Å². The van der Waals surface area contributed by atoms with Gasteiger partial charge in [0.05, 0.1) is 12.0 Å². The molecule has 3 aromatic rings. The third kappa shape index (κ3) is 4.05. The van der Waals surface area contributed by atoms with Gasteiger partial charge in [0.1, 0.15) is 0 Å². The molecule has 0 saturated heterocycles. The van der Waals surface area contributed by atoms with Crippen molar-refractivity contribution in [1.82, 2.24) is 15.3 Å². The normalized spacial score (nSPS) is 10.3. The third-order valence-corrected chi connectivity index (χ3v) is 3.85. The number of rotatable bonds is 6. The van der Waals surface area contributed by atoms with Crippen LogP contribution in [-0.4, -0.2) is 28.3 Å². The van der Waals surface area contributed by atoms with Gasteiger partial charge in [0.15, 0.2) is 10.9 Å². The van der Waals surface area contributed by atoms with Crippen LogP contribution in [0.1, 0.15) is 17.0 Å². The highest BCUT2D eigenvalue weighted by molar-refractivity contribution is 7.14. The van der Waals surface area contributed by atoms with E-state index in [-0.39, 0.29) is 30.5 Å². The van der Waals surface area contributed by atoms with Crippen molar-refractivity contribution in [3.05, 3.63) is 54.1 Å². The number of nitrogens with one attached hydrogen (secondary N) is 2. The maximum Gasteiger partial charge on any atom is 0.286 e. The molecule has 0 bridgehead atoms. The molecule has 0 atom stereocenters. The van der Waals surface area contributed by atoms with Crippen molar-refractivity contribution in [3.8, 4) is 11.3 Å². The number of hydrogen-bond donors (Lipinski definition) is 2. The summed E-state index contributed by atoms with van der Waals surface area (Å²) in [5.74, 6) is -0.348. The van der Waals surface area contributed by atoms with E-state index in [0.717, 1.165) is 11.3 Å². The Bertz CT molecular complexity index is 815. The lowest BCUT2D eigenvalue weighted by Crippen LogP contribution is -2.27. The summed E-state index contributed by atoms with van der Waals surface area (Å²) < 4.78 is 4.97. The molecule has 122 valence electrons. The zero-order valence-corrected chi connectivity index (χ0v) is 13.4. The largest absolute Gasteiger partial charge is 0.459 e. The zero-order chi connectivity index (χ0) is 16.8. The van der Waals surface area contributed by atoms with Crippen LogP contribution in [0.2, 0.25) is 0 Å². The number of amides is 2. The van der Waals surface area contributed by atoms with Crippen molar-refractivity contribution >= 4 is 28.3 Å². The molecule has 3 heterocycles. The third-order valence-electron chi connectivity index (χ3n) is 3.09. The quantitative estimate of drug-likeness (QED) is 0.717. The first-order chi connectivity index (χ1) is 11.7. The summed E-state index contributed by atoms with van der Waals surface area (Å²) in [5.41, 5.74) is 1.65. The summed E-state index contributed by atoms with van der Waals surface area (Å²) in [4.78, 5) is 31.9. The second-order valence-corrected chi connectivity index (χ2v) is 5.67. The van der Waals surface area contributed by atoms with E-state index >= 15 is 0 Å². The number of hydrogen-bond acceptors (Lipinski definition) is 6. The van der Waals surface area contributed by atoms with Gasteiger partial charge in [0, 0.05) is 36.3 Å². The first-order valence-corrected chi connectivity index (χ1v) is 8.08. The van der Waals surface area contributed by atoms with Gasteiger partial charge in [-0.3, -0.25) is 14.6 Å². The van der Waals surface area contributed by atoms with Crippen LogP contribution in [0.4, 0.5) is 5.13 Å². The molecule has 3 aromatic heterocycles. The average Bonchev–Trinajstić information content (AvgIpc) is 3.27. The lowest BCUT2D eigenvalue weighted by molar-refractivity contribution is -0.116. The Morgan fingerprint density at radius 2 is 2.17 bits per heavy atom. The molecule has 0 aliphatic carbocycles. The number of nitrogens with zero attached hydrogens (tertiary/aromatic N) is 2. The molecule has 0 unspecified atom stereocenters. The number of thiazole rings is 1. The highest BCUT2D eigenvalue weighted by Gasteiger charge is 2.10. The summed E-state index contributed by atoms with van der Waals surface area (Å²) in [7, 11) is 0. The van der Waals surface area contributed by atoms with Gasteiger partial charge in [-0.2, -0.15) is 0 Å². The number of carbonyl (C=O) groups is 2. The van der Waals surface area contributed by atoms with Gasteiger partial charge in [-0.1, -0.05) is 0 Å². The highest BCUT2D eigenvalue weighted by atomic mass is 32.1. The number of anilines is 1. The second kappa shape index (κ2) is 7.51. The standard InChI is InChI=1S/C16H14N4O3S/c21-14(5-7-18-15(22)13-4-2-8-23-13)20-16-19-12(10-24-16)11-3-1-6-17-9-11/h1-4,6,8-10H,5,7H2,(H,18,22)(H,19,20,21). The average molecular weight is 342 g/mol. The van der Waals surface area contributed by atoms with E-state index < -0.39 is 0 Å². The van der Waals surface area contributed by atoms with Crippen LogP contribution in [0.5, 0.6) is 0 Å². The molecule has 2 N–H and O–H groups in total. The number of furan rings is 1. The van der Waals surface area contributed by atoms with Crippen LogP contribution in [0.15, 0.2) is 52.7 Å². The van der Waals surface area contributed by atoms with Gasteiger partial charge in [-0.25, -0.2) is 4.98 Å². The molecule has 3 rings (SSSR count). The van der Waals surface area contributed by atoms with E-state index in [0.29, 0.717) is 5.13 Å². The van der Waals surface area contributed by atoms with Crippen LogP contribution < -0.4 is 10.6 Å². The number of pyridine rings is 1. The van der Waals surface area contributed by atoms with Crippen LogP contribution in [0.3, 0.4) is 0 Å². The van der Waals surface area contributed by atoms with Crippen LogP contribution in [0, 0.1) is 0 Å². The minimum atomic E-state index is -0.346. The first kappa shape index (κ1) is 15.9. The summed E-state index contributed by atoms with van der Waals surface area (Å²) in [6.45, 7) is 0.214. The first-order valence-electron chi connectivity index (χ1n) is 7.20. The molecular weight excluding hydrogens is 328 g/mol. The lowest BCUT2D eigenvalue weighted by Gasteiger charge is -2.03. The minimum absolute atomic E-state index is 0.147. The van der Waals surface area contributed by atoms with Crippen LogP contribution >= 0.6 is 11.3 Å². The molecule has 0 saturated carbocycles. The topological polar surface area (TPSA) is 97.1 Å². The Labute approximate surface area is 141 Å². The fourth-order valence-electron chi connectivity index (χ4n) is 1.94. The fraction of sp³-hybridized carbons (Fsp3) is 0.125. The predicted molar refractivity (Wildman–Crippen MR) is 89.6 cm³/mol. The molecule has 24 heavy (non-hydrogen) atoms. The fourth-order valence-corrected chi connectivity index (χ4v) is 2.68. The van der Waals surface area contributed by atoms with E-state index in [9.17, 15) is 9.59 Å². The molecule has 0 fully saturated rings. The number of carbonyl (C=O) groups excluding carboxylic acids is 2. The summed E-state index contributed by atoms with van der Waals surface area (Å²) in [5, 5.41) is 7.69. The molecule has 0 radical (unpaired) electrons. The highest BCUT2D eigenvalue weighted by Crippen LogP contribution is 2.24. The van der Waals surface area contributed by atoms with Crippen molar-refractivity contribution in [2.45, 2.75) is 6.42 Å². The van der Waals surface area contributed by atoms with E-state index in [1.54, 1.807) is 24.5 Å². The van der Waals surface area contributed by atoms with Gasteiger partial charge in [-0.15, -0.1) is 11.3 Å². The van der Waals surface area contributed by atoms with Crippen molar-refractivity contribution in [3.63, 3.8) is 0 Å². The summed E-state index contributed by atoms with van der Waals surface area (Å²) in [6, 6.07) is 6.92. The number of aromatic nitrogens is 2. The van der Waals surface area contributed by atoms with E-state index in [1.807, 2.05) is 17.5 Å². The van der Waals surface area contributed by atoms with Crippen molar-refractivity contribution in [1.29, 1.82) is 0 Å². The maximum absolute atomic E-state index is 11.9. The predicted octanol–water partition coefficient (Wildman–Crippen LogP) is 2.56. The SMILES string of the molecule is O=C(CCNC(=O)c1ccco1)Nc1nc(-c2cccnc2)cs1. The van der Waals surface area contributed by atoms with Crippen molar-refractivity contribution in [2.24, 2.45) is 0 Å². The summed E-state index contributed by atoms with van der Waals surface area (Å²) >= 11 is 1.34. The minimum Gasteiger partial charge on any atom is -0.459 e. The molecular formula is C16H14N4O3S. The van der Waals surface area contributed by atoms with Gasteiger partial charge in [0.2, 0.25) is 5.91 Å². The Morgan fingerprint density at radius 1 is 1.25 bits per heavy atom. The molecule has 0 aliphatic rings. The Balaban J connectivity index is 1.47. The molecule has 0 aliphatic heterocycles. The molecule has 8 heteroatoms. The van der Waals surface area contributed by atoms with Crippen molar-refractivity contribution < 1.29 is 14.0 Å². The van der Waals surface area contributed by atoms with Gasteiger partial charge >= 0.3 is 0 Å². The molecule has 0 aromatic carbocycles. The van der Waals surface area contributed by atoms with Crippen molar-refractivity contribution in [2.75, 3.05) is 11.9 Å².